The van der Waals surface area contributed by atoms with Gasteiger partial charge in [0, 0.05) is 29.9 Å². The molecule has 0 N–H and O–H groups in total. The fourth-order valence-electron chi connectivity index (χ4n) is 2.87. The SMILES string of the molecule is ClN1CC2(CCCC2)c2ncccc21. The summed E-state index contributed by atoms with van der Waals surface area (Å²) in [6.45, 7) is 0.945. The highest BCUT2D eigenvalue weighted by molar-refractivity contribution is 6.26. The van der Waals surface area contributed by atoms with Crippen molar-refractivity contribution in [2.45, 2.75) is 31.1 Å². The average molecular weight is 209 g/mol. The lowest BCUT2D eigenvalue weighted by Gasteiger charge is -2.21. The lowest BCUT2D eigenvalue weighted by molar-refractivity contribution is 0.469. The van der Waals surface area contributed by atoms with Gasteiger partial charge in [-0.2, -0.15) is 0 Å². The Balaban J connectivity index is 2.13. The summed E-state index contributed by atoms with van der Waals surface area (Å²) >= 11 is 6.21. The molecular weight excluding hydrogens is 196 g/mol. The molecule has 2 heterocycles. The molecule has 0 amide bonds. The lowest BCUT2D eigenvalue weighted by Crippen LogP contribution is -2.27. The van der Waals surface area contributed by atoms with Crippen molar-refractivity contribution in [2.24, 2.45) is 0 Å². The Kier molecular flexibility index (Phi) is 1.75. The van der Waals surface area contributed by atoms with Gasteiger partial charge in [-0.15, -0.1) is 0 Å². The zero-order valence-electron chi connectivity index (χ0n) is 8.04. The van der Waals surface area contributed by atoms with Gasteiger partial charge in [0.15, 0.2) is 0 Å². The second-order valence-electron chi connectivity index (χ2n) is 4.38. The van der Waals surface area contributed by atoms with Gasteiger partial charge in [0.2, 0.25) is 0 Å². The minimum atomic E-state index is 0.276. The van der Waals surface area contributed by atoms with Gasteiger partial charge in [-0.3, -0.25) is 9.40 Å². The molecule has 2 nitrogen and oxygen atoms in total. The van der Waals surface area contributed by atoms with Crippen LogP contribution in [0.2, 0.25) is 0 Å². The minimum Gasteiger partial charge on any atom is -0.282 e. The molecule has 1 aliphatic carbocycles. The third kappa shape index (κ3) is 1.01. The van der Waals surface area contributed by atoms with Crippen LogP contribution in [0, 0.1) is 0 Å². The number of anilines is 1. The van der Waals surface area contributed by atoms with E-state index in [-0.39, 0.29) is 5.41 Å². The molecule has 1 aromatic heterocycles. The number of nitrogens with zero attached hydrogens (tertiary/aromatic N) is 2. The van der Waals surface area contributed by atoms with E-state index in [2.05, 4.69) is 11.1 Å². The number of fused-ring (bicyclic) bond motifs is 2. The summed E-state index contributed by atoms with van der Waals surface area (Å²) < 4.78 is 1.84. The van der Waals surface area contributed by atoms with Gasteiger partial charge in [0.25, 0.3) is 0 Å². The summed E-state index contributed by atoms with van der Waals surface area (Å²) in [5.74, 6) is 0. The number of hydrogen-bond acceptors (Lipinski definition) is 2. The summed E-state index contributed by atoms with van der Waals surface area (Å²) in [7, 11) is 0. The van der Waals surface area contributed by atoms with Crippen LogP contribution in [0.5, 0.6) is 0 Å². The molecule has 3 rings (SSSR count). The first-order chi connectivity index (χ1) is 6.82. The Hall–Kier alpha value is -0.760. The Morgan fingerprint density at radius 2 is 2.14 bits per heavy atom. The van der Waals surface area contributed by atoms with Gasteiger partial charge < -0.3 is 0 Å². The summed E-state index contributed by atoms with van der Waals surface area (Å²) in [6.07, 6.45) is 7.02. The van der Waals surface area contributed by atoms with Crippen LogP contribution in [-0.4, -0.2) is 11.5 Å². The zero-order chi connectivity index (χ0) is 9.60. The van der Waals surface area contributed by atoms with E-state index in [9.17, 15) is 0 Å². The molecule has 1 saturated carbocycles. The van der Waals surface area contributed by atoms with E-state index in [4.69, 9.17) is 11.8 Å². The van der Waals surface area contributed by atoms with E-state index < -0.39 is 0 Å². The highest BCUT2D eigenvalue weighted by Crippen LogP contribution is 2.49. The molecule has 14 heavy (non-hydrogen) atoms. The van der Waals surface area contributed by atoms with Gasteiger partial charge in [0.05, 0.1) is 11.4 Å². The molecule has 1 fully saturated rings. The predicted molar refractivity (Wildman–Crippen MR) is 57.6 cm³/mol. The standard InChI is InChI=1S/C11H13ClN2/c12-14-8-11(5-1-2-6-11)10-9(14)4-3-7-13-10/h3-4,7H,1-2,5-6,8H2. The molecule has 0 unspecified atom stereocenters. The first kappa shape index (κ1) is 8.54. The molecular formula is C11H13ClN2. The number of rotatable bonds is 0. The van der Waals surface area contributed by atoms with Gasteiger partial charge in [-0.05, 0) is 25.0 Å². The van der Waals surface area contributed by atoms with Crippen molar-refractivity contribution < 1.29 is 0 Å². The Bertz CT molecular complexity index is 358. The minimum absolute atomic E-state index is 0.276. The third-order valence-electron chi connectivity index (χ3n) is 3.55. The van der Waals surface area contributed by atoms with E-state index in [1.54, 1.807) is 0 Å². The van der Waals surface area contributed by atoms with E-state index in [0.717, 1.165) is 12.2 Å². The normalized spacial score (nSPS) is 23.1. The monoisotopic (exact) mass is 208 g/mol. The predicted octanol–water partition coefficient (Wildman–Crippen LogP) is 2.87. The summed E-state index contributed by atoms with van der Waals surface area (Å²) in [4.78, 5) is 4.52. The fraction of sp³-hybridized carbons (Fsp3) is 0.545. The van der Waals surface area contributed by atoms with E-state index in [1.165, 1.54) is 31.4 Å². The van der Waals surface area contributed by atoms with Crippen LogP contribution >= 0.6 is 11.8 Å². The molecule has 1 spiro atoms. The van der Waals surface area contributed by atoms with Crippen molar-refractivity contribution in [3.05, 3.63) is 24.0 Å². The smallest absolute Gasteiger partial charge is 0.0745 e. The fourth-order valence-corrected chi connectivity index (χ4v) is 3.24. The number of halogens is 1. The summed E-state index contributed by atoms with van der Waals surface area (Å²) in [5.41, 5.74) is 2.63. The highest BCUT2D eigenvalue weighted by atomic mass is 35.5. The third-order valence-corrected chi connectivity index (χ3v) is 3.85. The molecule has 0 saturated heterocycles. The molecule has 0 atom stereocenters. The Morgan fingerprint density at radius 1 is 1.36 bits per heavy atom. The van der Waals surface area contributed by atoms with Gasteiger partial charge >= 0.3 is 0 Å². The second-order valence-corrected chi connectivity index (χ2v) is 4.79. The first-order valence-electron chi connectivity index (χ1n) is 5.21. The van der Waals surface area contributed by atoms with Crippen molar-refractivity contribution in [1.82, 2.24) is 4.98 Å². The highest BCUT2D eigenvalue weighted by Gasteiger charge is 2.45. The molecule has 1 aliphatic heterocycles. The quantitative estimate of drug-likeness (QED) is 0.610. The lowest BCUT2D eigenvalue weighted by atomic mass is 9.84. The van der Waals surface area contributed by atoms with E-state index >= 15 is 0 Å². The van der Waals surface area contributed by atoms with E-state index in [0.29, 0.717) is 0 Å². The van der Waals surface area contributed by atoms with Crippen LogP contribution in [0.4, 0.5) is 5.69 Å². The maximum atomic E-state index is 6.21. The van der Waals surface area contributed by atoms with Crippen LogP contribution in [0.25, 0.3) is 0 Å². The molecule has 3 heteroatoms. The molecule has 0 aromatic carbocycles. The zero-order valence-corrected chi connectivity index (χ0v) is 8.80. The topological polar surface area (TPSA) is 16.1 Å². The number of hydrogen-bond donors (Lipinski definition) is 0. The van der Waals surface area contributed by atoms with Crippen molar-refractivity contribution >= 4 is 17.5 Å². The molecule has 74 valence electrons. The van der Waals surface area contributed by atoms with Crippen LogP contribution in [-0.2, 0) is 5.41 Å². The largest absolute Gasteiger partial charge is 0.282 e. The van der Waals surface area contributed by atoms with Crippen molar-refractivity contribution in [2.75, 3.05) is 11.0 Å². The van der Waals surface area contributed by atoms with Gasteiger partial charge in [0.1, 0.15) is 0 Å². The average Bonchev–Trinajstić information content (AvgIpc) is 2.77. The van der Waals surface area contributed by atoms with Crippen LogP contribution < -0.4 is 4.42 Å². The van der Waals surface area contributed by atoms with Crippen LogP contribution in [0.3, 0.4) is 0 Å². The maximum absolute atomic E-state index is 6.21. The van der Waals surface area contributed by atoms with Gasteiger partial charge in [-0.1, -0.05) is 12.8 Å². The summed E-state index contributed by atoms with van der Waals surface area (Å²) in [5, 5.41) is 0. The molecule has 1 aromatic rings. The molecule has 0 radical (unpaired) electrons. The molecule has 0 bridgehead atoms. The first-order valence-corrected chi connectivity index (χ1v) is 5.54. The number of pyridine rings is 1. The van der Waals surface area contributed by atoms with Gasteiger partial charge in [-0.25, -0.2) is 0 Å². The molecule has 2 aliphatic rings. The van der Waals surface area contributed by atoms with Crippen LogP contribution in [0.15, 0.2) is 18.3 Å². The second kappa shape index (κ2) is 2.86. The van der Waals surface area contributed by atoms with Crippen molar-refractivity contribution in [3.63, 3.8) is 0 Å². The van der Waals surface area contributed by atoms with Crippen LogP contribution in [0.1, 0.15) is 31.4 Å². The number of aromatic nitrogens is 1. The van der Waals surface area contributed by atoms with Crippen molar-refractivity contribution in [3.8, 4) is 0 Å². The Morgan fingerprint density at radius 3 is 2.93 bits per heavy atom. The Labute approximate surface area is 89.0 Å². The van der Waals surface area contributed by atoms with Crippen molar-refractivity contribution in [1.29, 1.82) is 0 Å². The summed E-state index contributed by atoms with van der Waals surface area (Å²) in [6, 6.07) is 4.03. The van der Waals surface area contributed by atoms with E-state index in [1.807, 2.05) is 16.7 Å². The maximum Gasteiger partial charge on any atom is 0.0745 e.